The number of ether oxygens (including phenoxy) is 1. The SMILES string of the molecule is COc1ccccc1C(Cc1cncnc1N(c1ccccc1)c1ccccc1)C(=O)O. The predicted molar refractivity (Wildman–Crippen MR) is 124 cm³/mol. The van der Waals surface area contributed by atoms with Crippen molar-refractivity contribution in [1.82, 2.24) is 9.97 Å². The summed E-state index contributed by atoms with van der Waals surface area (Å²) in [7, 11) is 1.54. The molecule has 1 heterocycles. The van der Waals surface area contributed by atoms with Crippen LogP contribution in [0.5, 0.6) is 5.75 Å². The highest BCUT2D eigenvalue weighted by Crippen LogP contribution is 2.37. The van der Waals surface area contributed by atoms with E-state index in [0.29, 0.717) is 17.1 Å². The fourth-order valence-corrected chi connectivity index (χ4v) is 3.75. The molecule has 4 rings (SSSR count). The summed E-state index contributed by atoms with van der Waals surface area (Å²) in [5.74, 6) is -0.570. The zero-order valence-electron chi connectivity index (χ0n) is 17.6. The van der Waals surface area contributed by atoms with E-state index >= 15 is 0 Å². The Kier molecular flexibility index (Phi) is 6.41. The molecule has 4 aromatic rings. The number of aromatic nitrogens is 2. The summed E-state index contributed by atoms with van der Waals surface area (Å²) in [6.07, 6.45) is 3.38. The Hall–Kier alpha value is -4.19. The van der Waals surface area contributed by atoms with E-state index in [-0.39, 0.29) is 6.42 Å². The molecule has 0 aliphatic rings. The number of para-hydroxylation sites is 3. The van der Waals surface area contributed by atoms with E-state index in [0.717, 1.165) is 16.9 Å². The van der Waals surface area contributed by atoms with Gasteiger partial charge in [0.05, 0.1) is 13.0 Å². The fourth-order valence-electron chi connectivity index (χ4n) is 3.75. The number of carboxylic acids is 1. The molecule has 160 valence electrons. The number of nitrogens with zero attached hydrogens (tertiary/aromatic N) is 3. The predicted octanol–water partition coefficient (Wildman–Crippen LogP) is 5.37. The van der Waals surface area contributed by atoms with Gasteiger partial charge in [0.25, 0.3) is 0 Å². The van der Waals surface area contributed by atoms with Crippen LogP contribution in [-0.4, -0.2) is 28.2 Å². The molecule has 1 unspecified atom stereocenters. The Balaban J connectivity index is 1.81. The van der Waals surface area contributed by atoms with Crippen LogP contribution in [0, 0.1) is 0 Å². The van der Waals surface area contributed by atoms with E-state index in [1.807, 2.05) is 77.7 Å². The number of hydrogen-bond acceptors (Lipinski definition) is 5. The molecule has 0 aliphatic heterocycles. The maximum atomic E-state index is 12.3. The van der Waals surface area contributed by atoms with Crippen LogP contribution in [0.15, 0.2) is 97.5 Å². The maximum absolute atomic E-state index is 12.3. The van der Waals surface area contributed by atoms with Gasteiger partial charge in [-0.3, -0.25) is 9.69 Å². The van der Waals surface area contributed by atoms with E-state index in [9.17, 15) is 9.90 Å². The standard InChI is InChI=1S/C26H23N3O3/c1-32-24-15-9-8-14-22(24)23(26(30)31)16-19-17-27-18-28-25(19)29(20-10-4-2-5-11-20)21-12-6-3-7-13-21/h2-15,17-18,23H,16H2,1H3,(H,30,31). The molecule has 6 nitrogen and oxygen atoms in total. The first kappa shape index (κ1) is 21.1. The lowest BCUT2D eigenvalue weighted by Crippen LogP contribution is -2.19. The van der Waals surface area contributed by atoms with Crippen LogP contribution in [0.1, 0.15) is 17.0 Å². The van der Waals surface area contributed by atoms with Crippen molar-refractivity contribution in [3.8, 4) is 5.75 Å². The van der Waals surface area contributed by atoms with E-state index in [2.05, 4.69) is 9.97 Å². The molecule has 0 spiro atoms. The summed E-state index contributed by atoms with van der Waals surface area (Å²) in [6, 6.07) is 26.9. The number of methoxy groups -OCH3 is 1. The Labute approximate surface area is 186 Å². The first-order chi connectivity index (χ1) is 15.7. The number of hydrogen-bond donors (Lipinski definition) is 1. The molecule has 3 aromatic carbocycles. The van der Waals surface area contributed by atoms with E-state index in [1.54, 1.807) is 25.4 Å². The summed E-state index contributed by atoms with van der Waals surface area (Å²) >= 11 is 0. The largest absolute Gasteiger partial charge is 0.496 e. The van der Waals surface area contributed by atoms with Crippen LogP contribution in [0.3, 0.4) is 0 Å². The average Bonchev–Trinajstić information content (AvgIpc) is 2.85. The van der Waals surface area contributed by atoms with Gasteiger partial charge in [-0.2, -0.15) is 0 Å². The summed E-state index contributed by atoms with van der Waals surface area (Å²) in [5.41, 5.74) is 3.17. The summed E-state index contributed by atoms with van der Waals surface area (Å²) < 4.78 is 5.43. The molecular formula is C26H23N3O3. The molecule has 6 heteroatoms. The van der Waals surface area contributed by atoms with Crippen LogP contribution in [0.2, 0.25) is 0 Å². The first-order valence-corrected chi connectivity index (χ1v) is 10.2. The molecule has 32 heavy (non-hydrogen) atoms. The van der Waals surface area contributed by atoms with Gasteiger partial charge in [0.2, 0.25) is 0 Å². The first-order valence-electron chi connectivity index (χ1n) is 10.2. The van der Waals surface area contributed by atoms with Crippen molar-refractivity contribution >= 4 is 23.2 Å². The molecule has 0 saturated carbocycles. The quantitative estimate of drug-likeness (QED) is 0.409. The summed E-state index contributed by atoms with van der Waals surface area (Å²) in [4.78, 5) is 23.1. The van der Waals surface area contributed by atoms with Crippen LogP contribution in [0.25, 0.3) is 0 Å². The number of anilines is 3. The van der Waals surface area contributed by atoms with Gasteiger partial charge in [0.1, 0.15) is 17.9 Å². The molecule has 0 amide bonds. The van der Waals surface area contributed by atoms with Crippen molar-refractivity contribution in [2.24, 2.45) is 0 Å². The molecule has 0 radical (unpaired) electrons. The second-order valence-electron chi connectivity index (χ2n) is 7.21. The number of aliphatic carboxylic acids is 1. The van der Waals surface area contributed by atoms with Crippen LogP contribution in [-0.2, 0) is 11.2 Å². The van der Waals surface area contributed by atoms with Crippen molar-refractivity contribution in [3.05, 3.63) is 109 Å². The Morgan fingerprint density at radius 2 is 1.53 bits per heavy atom. The molecule has 1 aromatic heterocycles. The van der Waals surface area contributed by atoms with Gasteiger partial charge in [-0.1, -0.05) is 54.6 Å². The maximum Gasteiger partial charge on any atom is 0.311 e. The van der Waals surface area contributed by atoms with Crippen LogP contribution < -0.4 is 9.64 Å². The number of carboxylic acid groups (broad SMARTS) is 1. The van der Waals surface area contributed by atoms with Crippen molar-refractivity contribution in [2.75, 3.05) is 12.0 Å². The molecule has 1 atom stereocenters. The minimum atomic E-state index is -0.935. The Morgan fingerprint density at radius 3 is 2.12 bits per heavy atom. The van der Waals surface area contributed by atoms with E-state index in [1.165, 1.54) is 6.33 Å². The third-order valence-corrected chi connectivity index (χ3v) is 5.24. The monoisotopic (exact) mass is 425 g/mol. The van der Waals surface area contributed by atoms with Crippen molar-refractivity contribution in [2.45, 2.75) is 12.3 Å². The number of carbonyl (C=O) groups is 1. The number of benzene rings is 3. The lowest BCUT2D eigenvalue weighted by atomic mass is 9.91. The summed E-state index contributed by atoms with van der Waals surface area (Å²) in [5, 5.41) is 10.1. The average molecular weight is 425 g/mol. The van der Waals surface area contributed by atoms with Gasteiger partial charge in [0.15, 0.2) is 0 Å². The Morgan fingerprint density at radius 1 is 0.938 bits per heavy atom. The van der Waals surface area contributed by atoms with Gasteiger partial charge >= 0.3 is 5.97 Å². The molecule has 0 aliphatic carbocycles. The van der Waals surface area contributed by atoms with Gasteiger partial charge in [-0.25, -0.2) is 9.97 Å². The fraction of sp³-hybridized carbons (Fsp3) is 0.115. The van der Waals surface area contributed by atoms with Gasteiger partial charge in [0, 0.05) is 28.7 Å². The van der Waals surface area contributed by atoms with E-state index < -0.39 is 11.9 Å². The van der Waals surface area contributed by atoms with E-state index in [4.69, 9.17) is 4.74 Å². The van der Waals surface area contributed by atoms with Gasteiger partial charge in [-0.05, 0) is 36.8 Å². The second-order valence-corrected chi connectivity index (χ2v) is 7.21. The van der Waals surface area contributed by atoms with Crippen molar-refractivity contribution in [3.63, 3.8) is 0 Å². The Bertz CT molecular complexity index is 1140. The van der Waals surface area contributed by atoms with Gasteiger partial charge < -0.3 is 9.84 Å². The highest BCUT2D eigenvalue weighted by molar-refractivity contribution is 5.80. The molecule has 1 N–H and O–H groups in total. The lowest BCUT2D eigenvalue weighted by molar-refractivity contribution is -0.138. The second kappa shape index (κ2) is 9.75. The highest BCUT2D eigenvalue weighted by Gasteiger charge is 2.27. The minimum Gasteiger partial charge on any atom is -0.496 e. The van der Waals surface area contributed by atoms with Gasteiger partial charge in [-0.15, -0.1) is 0 Å². The van der Waals surface area contributed by atoms with Crippen molar-refractivity contribution in [1.29, 1.82) is 0 Å². The normalized spacial score (nSPS) is 11.5. The summed E-state index contributed by atoms with van der Waals surface area (Å²) in [6.45, 7) is 0. The smallest absolute Gasteiger partial charge is 0.311 e. The molecular weight excluding hydrogens is 402 g/mol. The molecule has 0 saturated heterocycles. The van der Waals surface area contributed by atoms with Crippen LogP contribution in [0.4, 0.5) is 17.2 Å². The molecule has 0 fully saturated rings. The highest BCUT2D eigenvalue weighted by atomic mass is 16.5. The lowest BCUT2D eigenvalue weighted by Gasteiger charge is -2.27. The zero-order chi connectivity index (χ0) is 22.3. The topological polar surface area (TPSA) is 75.6 Å². The number of rotatable bonds is 8. The molecule has 0 bridgehead atoms. The third kappa shape index (κ3) is 4.44. The minimum absolute atomic E-state index is 0.210. The zero-order valence-corrected chi connectivity index (χ0v) is 17.6. The van der Waals surface area contributed by atoms with Crippen LogP contribution >= 0.6 is 0 Å². The third-order valence-electron chi connectivity index (χ3n) is 5.24. The van der Waals surface area contributed by atoms with Crippen molar-refractivity contribution < 1.29 is 14.6 Å².